The van der Waals surface area contributed by atoms with Crippen LogP contribution in [0.25, 0.3) is 0 Å². The van der Waals surface area contributed by atoms with Gasteiger partial charge in [0.1, 0.15) is 5.41 Å². The third kappa shape index (κ3) is 4.56. The lowest BCUT2D eigenvalue weighted by molar-refractivity contribution is -0.384. The minimum Gasteiger partial charge on any atom is -0.464 e. The van der Waals surface area contributed by atoms with Crippen molar-refractivity contribution >= 4 is 34.9 Å². The van der Waals surface area contributed by atoms with Gasteiger partial charge in [0.25, 0.3) is 11.6 Å². The van der Waals surface area contributed by atoms with Crippen LogP contribution in [0.3, 0.4) is 0 Å². The molecule has 1 spiro atoms. The summed E-state index contributed by atoms with van der Waals surface area (Å²) < 4.78 is 11.1. The van der Waals surface area contributed by atoms with Crippen LogP contribution < -0.4 is 10.3 Å². The Kier molecular flexibility index (Phi) is 7.85. The molecule has 0 aliphatic carbocycles. The first-order valence-electron chi connectivity index (χ1n) is 14.0. The third-order valence-corrected chi connectivity index (χ3v) is 8.13. The molecule has 11 heteroatoms. The van der Waals surface area contributed by atoms with Gasteiger partial charge in [0.15, 0.2) is 0 Å². The van der Waals surface area contributed by atoms with Crippen molar-refractivity contribution in [3.05, 3.63) is 106 Å². The number of aryl methyl sites for hydroxylation is 1. The van der Waals surface area contributed by atoms with Crippen molar-refractivity contribution in [1.82, 2.24) is 5.32 Å². The van der Waals surface area contributed by atoms with E-state index in [9.17, 15) is 24.5 Å². The fourth-order valence-corrected chi connectivity index (χ4v) is 6.31. The number of hydrogen-bond donors (Lipinski definition) is 1. The topological polar surface area (TPSA) is 140 Å². The Morgan fingerprint density at radius 3 is 2.14 bits per heavy atom. The second kappa shape index (κ2) is 11.4. The van der Waals surface area contributed by atoms with Gasteiger partial charge in [0, 0.05) is 18.1 Å². The molecule has 2 aliphatic rings. The molecule has 3 aromatic rings. The normalized spacial score (nSPS) is 22.4. The molecule has 5 rings (SSSR count). The number of nitrogens with one attached hydrogen (secondary N) is 1. The number of carbonyl (C=O) groups is 3. The summed E-state index contributed by atoms with van der Waals surface area (Å²) in [7, 11) is 0. The van der Waals surface area contributed by atoms with Crippen molar-refractivity contribution in [3.63, 3.8) is 0 Å². The number of hydrazone groups is 1. The lowest BCUT2D eigenvalue weighted by Crippen LogP contribution is -2.60. The minimum absolute atomic E-state index is 0.0477. The Morgan fingerprint density at radius 1 is 0.930 bits per heavy atom. The quantitative estimate of drug-likeness (QED) is 0.175. The largest absolute Gasteiger partial charge is 0.464 e. The van der Waals surface area contributed by atoms with E-state index in [2.05, 4.69) is 5.32 Å². The number of rotatable bonds is 8. The molecule has 1 amide bonds. The van der Waals surface area contributed by atoms with E-state index in [1.807, 2.05) is 19.1 Å². The smallest absolute Gasteiger partial charge is 0.338 e. The van der Waals surface area contributed by atoms with Crippen LogP contribution in [0, 0.1) is 22.5 Å². The average molecular weight is 585 g/mol. The maximum Gasteiger partial charge on any atom is 0.338 e. The van der Waals surface area contributed by atoms with Gasteiger partial charge in [0.05, 0.1) is 35.6 Å². The summed E-state index contributed by atoms with van der Waals surface area (Å²) in [6.07, 6.45) is 0. The fourth-order valence-electron chi connectivity index (χ4n) is 6.31. The first kappa shape index (κ1) is 29.6. The van der Waals surface area contributed by atoms with Crippen LogP contribution in [0.15, 0.2) is 84.0 Å². The molecule has 11 nitrogen and oxygen atoms in total. The number of para-hydroxylation sites is 1. The number of benzene rings is 3. The number of anilines is 1. The van der Waals surface area contributed by atoms with Crippen LogP contribution in [0.1, 0.15) is 49.4 Å². The van der Waals surface area contributed by atoms with Gasteiger partial charge in [-0.25, -0.2) is 9.59 Å². The van der Waals surface area contributed by atoms with Crippen LogP contribution >= 0.6 is 0 Å². The number of esters is 2. The first-order valence-corrected chi connectivity index (χ1v) is 14.0. The van der Waals surface area contributed by atoms with Crippen LogP contribution in [-0.2, 0) is 23.9 Å². The van der Waals surface area contributed by atoms with Crippen molar-refractivity contribution in [2.45, 2.75) is 45.2 Å². The van der Waals surface area contributed by atoms with Gasteiger partial charge in [0.2, 0.25) is 5.54 Å². The number of non-ortho nitro benzene ring substituents is 1. The van der Waals surface area contributed by atoms with Gasteiger partial charge < -0.3 is 9.47 Å². The summed E-state index contributed by atoms with van der Waals surface area (Å²) in [6, 6.07) is 20.6. The molecule has 222 valence electrons. The zero-order valence-electron chi connectivity index (χ0n) is 24.3. The Morgan fingerprint density at radius 2 is 1.56 bits per heavy atom. The van der Waals surface area contributed by atoms with E-state index >= 15 is 0 Å². The van der Waals surface area contributed by atoms with E-state index in [4.69, 9.17) is 14.6 Å². The zero-order chi connectivity index (χ0) is 30.9. The fraction of sp³-hybridized carbons (Fsp3) is 0.312. The summed E-state index contributed by atoms with van der Waals surface area (Å²) >= 11 is 0. The second-order valence-electron chi connectivity index (χ2n) is 10.5. The molecular formula is C32H32N4O7. The first-order chi connectivity index (χ1) is 20.6. The van der Waals surface area contributed by atoms with E-state index in [0.29, 0.717) is 22.5 Å². The monoisotopic (exact) mass is 584 g/mol. The molecule has 1 saturated heterocycles. The predicted molar refractivity (Wildman–Crippen MR) is 158 cm³/mol. The standard InChI is InChI=1S/C32H32N4O7/c1-5-42-29(38)32(30(39)43-6-2)26(22-17-15-20(3)16-18-22)31(27(33-32)23-11-10-14-25(19-23)36(40)41)21(4)34-35(28(31)37)24-12-8-7-9-13-24/h7-19,26-27,33H,5-6H2,1-4H3/t26-,27+,31+/m0/s1. The summed E-state index contributed by atoms with van der Waals surface area (Å²) in [5.41, 5.74) is -1.61. The molecule has 0 unspecified atom stereocenters. The molecule has 1 N–H and O–H groups in total. The molecular weight excluding hydrogens is 552 g/mol. The summed E-state index contributed by atoms with van der Waals surface area (Å²) in [6.45, 7) is 6.70. The van der Waals surface area contributed by atoms with E-state index in [0.717, 1.165) is 5.56 Å². The number of amides is 1. The van der Waals surface area contributed by atoms with Gasteiger partial charge in [-0.3, -0.25) is 20.2 Å². The van der Waals surface area contributed by atoms with Crippen LogP contribution in [-0.4, -0.2) is 47.2 Å². The van der Waals surface area contributed by atoms with Gasteiger partial charge in [-0.15, -0.1) is 0 Å². The maximum atomic E-state index is 15.0. The Balaban J connectivity index is 1.88. The molecule has 2 aliphatic heterocycles. The maximum absolute atomic E-state index is 15.0. The molecule has 0 radical (unpaired) electrons. The van der Waals surface area contributed by atoms with E-state index in [1.165, 1.54) is 23.2 Å². The van der Waals surface area contributed by atoms with Crippen molar-refractivity contribution in [3.8, 4) is 0 Å². The average Bonchev–Trinajstić information content (AvgIpc) is 3.47. The molecule has 43 heavy (non-hydrogen) atoms. The molecule has 2 heterocycles. The molecule has 0 bridgehead atoms. The number of ether oxygens (including phenoxy) is 2. The zero-order valence-corrected chi connectivity index (χ0v) is 24.3. The van der Waals surface area contributed by atoms with Crippen LogP contribution in [0.2, 0.25) is 0 Å². The van der Waals surface area contributed by atoms with Crippen LogP contribution in [0.5, 0.6) is 0 Å². The lowest BCUT2D eigenvalue weighted by atomic mass is 9.61. The van der Waals surface area contributed by atoms with Gasteiger partial charge >= 0.3 is 11.9 Å². The SMILES string of the molecule is CCOC(=O)C1(C(=O)OCC)N[C@H](c2cccc([N+](=O)[O-])c2)[C@]2(C(=O)N(c3ccccc3)N=C2C)[C@@H]1c1ccc(C)cc1. The summed E-state index contributed by atoms with van der Waals surface area (Å²) in [5.74, 6) is -3.58. The van der Waals surface area contributed by atoms with Gasteiger partial charge in [-0.2, -0.15) is 10.1 Å². The summed E-state index contributed by atoms with van der Waals surface area (Å²) in [5, 5.41) is 21.0. The second-order valence-corrected chi connectivity index (χ2v) is 10.5. The Hall–Kier alpha value is -4.90. The molecule has 3 aromatic carbocycles. The highest BCUT2D eigenvalue weighted by Gasteiger charge is 2.76. The number of carbonyl (C=O) groups excluding carboxylic acids is 3. The van der Waals surface area contributed by atoms with Crippen molar-refractivity contribution in [1.29, 1.82) is 0 Å². The highest BCUT2D eigenvalue weighted by molar-refractivity contribution is 6.23. The minimum atomic E-state index is -2.21. The summed E-state index contributed by atoms with van der Waals surface area (Å²) in [4.78, 5) is 54.5. The van der Waals surface area contributed by atoms with Crippen molar-refractivity contribution in [2.75, 3.05) is 18.2 Å². The Labute approximate surface area is 248 Å². The molecule has 3 atom stereocenters. The number of nitrogens with zero attached hydrogens (tertiary/aromatic N) is 3. The van der Waals surface area contributed by atoms with Gasteiger partial charge in [-0.05, 0) is 51.0 Å². The van der Waals surface area contributed by atoms with E-state index in [1.54, 1.807) is 69.3 Å². The van der Waals surface area contributed by atoms with Crippen molar-refractivity contribution < 1.29 is 28.8 Å². The van der Waals surface area contributed by atoms with E-state index in [-0.39, 0.29) is 18.9 Å². The molecule has 1 fully saturated rings. The van der Waals surface area contributed by atoms with Crippen LogP contribution in [0.4, 0.5) is 11.4 Å². The van der Waals surface area contributed by atoms with Gasteiger partial charge in [-0.1, -0.05) is 60.2 Å². The Bertz CT molecular complexity index is 1590. The predicted octanol–water partition coefficient (Wildman–Crippen LogP) is 4.61. The highest BCUT2D eigenvalue weighted by atomic mass is 16.6. The number of hydrogen-bond acceptors (Lipinski definition) is 9. The molecule has 0 saturated carbocycles. The number of nitro groups is 1. The van der Waals surface area contributed by atoms with E-state index < -0.39 is 45.7 Å². The van der Waals surface area contributed by atoms with Crippen molar-refractivity contribution in [2.24, 2.45) is 10.5 Å². The number of nitro benzene ring substituents is 1. The molecule has 0 aromatic heterocycles. The third-order valence-electron chi connectivity index (χ3n) is 8.13. The highest BCUT2D eigenvalue weighted by Crippen LogP contribution is 2.61. The lowest BCUT2D eigenvalue weighted by Gasteiger charge is -2.37.